The fraction of sp³-hybridized carbons (Fsp3) is 0.105. The van der Waals surface area contributed by atoms with E-state index in [0.29, 0.717) is 11.3 Å². The van der Waals surface area contributed by atoms with Crippen LogP contribution in [0.3, 0.4) is 0 Å². The number of aromatic nitrogens is 1. The molecule has 124 valence electrons. The lowest BCUT2D eigenvalue weighted by molar-refractivity contribution is -0.125. The molecule has 0 N–H and O–H groups in total. The van der Waals surface area contributed by atoms with Gasteiger partial charge in [0.05, 0.1) is 27.5 Å². The molecule has 1 amide bonds. The van der Waals surface area contributed by atoms with Crippen molar-refractivity contribution in [1.29, 1.82) is 0 Å². The molecule has 4 rings (SSSR count). The molecule has 0 aliphatic carbocycles. The highest BCUT2D eigenvalue weighted by Crippen LogP contribution is 2.32. The first-order valence-corrected chi connectivity index (χ1v) is 9.59. The lowest BCUT2D eigenvalue weighted by Gasteiger charge is -2.15. The number of hydrogen-bond donors (Lipinski definition) is 0. The van der Waals surface area contributed by atoms with Crippen LogP contribution in [0.15, 0.2) is 59.6 Å². The number of hydrogen-bond acceptors (Lipinski definition) is 5. The van der Waals surface area contributed by atoms with E-state index in [9.17, 15) is 9.59 Å². The fourth-order valence-corrected chi connectivity index (χ4v) is 4.54. The Balaban J connectivity index is 1.60. The third-order valence-corrected chi connectivity index (χ3v) is 5.87. The van der Waals surface area contributed by atoms with E-state index in [1.165, 1.54) is 11.8 Å². The maximum Gasteiger partial charge on any atom is 0.238 e. The summed E-state index contributed by atoms with van der Waals surface area (Å²) >= 11 is 3.03. The second-order valence-electron chi connectivity index (χ2n) is 5.56. The number of amides is 1. The Labute approximate surface area is 153 Å². The van der Waals surface area contributed by atoms with Crippen LogP contribution >= 0.6 is 23.1 Å². The molecule has 0 spiro atoms. The van der Waals surface area contributed by atoms with E-state index in [-0.39, 0.29) is 18.2 Å². The summed E-state index contributed by atoms with van der Waals surface area (Å²) in [5.74, 6) is 0.256. The van der Waals surface area contributed by atoms with E-state index in [0.717, 1.165) is 20.3 Å². The molecule has 1 aromatic heterocycles. The van der Waals surface area contributed by atoms with Gasteiger partial charge in [0, 0.05) is 11.6 Å². The molecular formula is C19H14N2O2S2. The SMILES string of the molecule is O=C(CN1C(=O)CS/C1=C/c1nc2ccccc2s1)c1ccccc1. The third kappa shape index (κ3) is 3.36. The first kappa shape index (κ1) is 16.1. The highest BCUT2D eigenvalue weighted by Gasteiger charge is 2.29. The predicted octanol–water partition coefficient (Wildman–Crippen LogP) is 4.05. The van der Waals surface area contributed by atoms with Crippen LogP contribution in [0, 0.1) is 0 Å². The van der Waals surface area contributed by atoms with Gasteiger partial charge in [-0.15, -0.1) is 11.3 Å². The van der Waals surface area contributed by atoms with Gasteiger partial charge in [0.1, 0.15) is 5.01 Å². The van der Waals surface area contributed by atoms with Crippen molar-refractivity contribution in [3.05, 3.63) is 70.2 Å². The highest BCUT2D eigenvalue weighted by molar-refractivity contribution is 8.04. The van der Waals surface area contributed by atoms with Crippen LogP contribution < -0.4 is 0 Å². The number of carbonyl (C=O) groups is 2. The van der Waals surface area contributed by atoms with Crippen molar-refractivity contribution >= 4 is 51.1 Å². The minimum Gasteiger partial charge on any atom is -0.298 e. The van der Waals surface area contributed by atoms with E-state index in [2.05, 4.69) is 4.98 Å². The quantitative estimate of drug-likeness (QED) is 0.654. The van der Waals surface area contributed by atoms with E-state index in [1.807, 2.05) is 48.5 Å². The molecule has 2 heterocycles. The van der Waals surface area contributed by atoms with Crippen molar-refractivity contribution in [3.63, 3.8) is 0 Å². The average molecular weight is 366 g/mol. The number of fused-ring (bicyclic) bond motifs is 1. The number of benzene rings is 2. The van der Waals surface area contributed by atoms with Crippen LogP contribution in [0.5, 0.6) is 0 Å². The monoisotopic (exact) mass is 366 g/mol. The summed E-state index contributed by atoms with van der Waals surface area (Å²) in [6.45, 7) is 0.0621. The molecule has 1 aliphatic rings. The second kappa shape index (κ2) is 6.82. The molecule has 25 heavy (non-hydrogen) atoms. The second-order valence-corrected chi connectivity index (χ2v) is 7.62. The van der Waals surface area contributed by atoms with Crippen LogP contribution in [0.4, 0.5) is 0 Å². The Kier molecular flexibility index (Phi) is 4.38. The van der Waals surface area contributed by atoms with Gasteiger partial charge in [0.25, 0.3) is 0 Å². The van der Waals surface area contributed by atoms with Gasteiger partial charge < -0.3 is 0 Å². The number of thioether (sulfide) groups is 1. The Morgan fingerprint density at radius 3 is 2.68 bits per heavy atom. The van der Waals surface area contributed by atoms with Gasteiger partial charge >= 0.3 is 0 Å². The van der Waals surface area contributed by atoms with Crippen LogP contribution in [0.25, 0.3) is 16.3 Å². The minimum absolute atomic E-state index is 0.0401. The molecule has 1 saturated heterocycles. The zero-order valence-electron chi connectivity index (χ0n) is 13.2. The average Bonchev–Trinajstić information content (AvgIpc) is 3.20. The molecular weight excluding hydrogens is 352 g/mol. The number of carbonyl (C=O) groups excluding carboxylic acids is 2. The van der Waals surface area contributed by atoms with Crippen LogP contribution in [0.2, 0.25) is 0 Å². The fourth-order valence-electron chi connectivity index (χ4n) is 2.62. The lowest BCUT2D eigenvalue weighted by atomic mass is 10.1. The van der Waals surface area contributed by atoms with E-state index >= 15 is 0 Å². The standard InChI is InChI=1S/C19H14N2O2S2/c22-15(13-6-2-1-3-7-13)11-21-18(23)12-24-19(21)10-17-20-14-8-4-5-9-16(14)25-17/h1-10H,11-12H2/b19-10+. The summed E-state index contributed by atoms with van der Waals surface area (Å²) in [6, 6.07) is 17.0. The van der Waals surface area contributed by atoms with Gasteiger partial charge in [-0.3, -0.25) is 14.5 Å². The van der Waals surface area contributed by atoms with Gasteiger partial charge in [-0.25, -0.2) is 4.98 Å². The molecule has 3 aromatic rings. The first-order chi connectivity index (χ1) is 12.2. The number of thiazole rings is 1. The number of rotatable bonds is 4. The lowest BCUT2D eigenvalue weighted by Crippen LogP contribution is -2.30. The van der Waals surface area contributed by atoms with E-state index < -0.39 is 0 Å². The number of nitrogens with zero attached hydrogens (tertiary/aromatic N) is 2. The molecule has 6 heteroatoms. The van der Waals surface area contributed by atoms with Crippen LogP contribution in [0.1, 0.15) is 15.4 Å². The Bertz CT molecular complexity index is 946. The number of Topliss-reactive ketones (excluding diaryl/α,β-unsaturated/α-hetero) is 1. The number of ketones is 1. The van der Waals surface area contributed by atoms with Crippen molar-refractivity contribution < 1.29 is 9.59 Å². The normalized spacial score (nSPS) is 16.1. The number of para-hydroxylation sites is 1. The van der Waals surface area contributed by atoms with Gasteiger partial charge in [0.2, 0.25) is 5.91 Å². The summed E-state index contributed by atoms with van der Waals surface area (Å²) in [4.78, 5) is 30.8. The Morgan fingerprint density at radius 2 is 1.88 bits per heavy atom. The summed E-state index contributed by atoms with van der Waals surface area (Å²) < 4.78 is 1.11. The molecule has 2 aromatic carbocycles. The van der Waals surface area contributed by atoms with E-state index in [1.54, 1.807) is 28.4 Å². The molecule has 0 atom stereocenters. The summed E-state index contributed by atoms with van der Waals surface area (Å²) in [7, 11) is 0. The largest absolute Gasteiger partial charge is 0.298 e. The van der Waals surface area contributed by atoms with Crippen molar-refractivity contribution in [1.82, 2.24) is 9.88 Å². The maximum absolute atomic E-state index is 12.4. The zero-order chi connectivity index (χ0) is 17.2. The molecule has 0 bridgehead atoms. The summed E-state index contributed by atoms with van der Waals surface area (Å²) in [5, 5.41) is 1.63. The summed E-state index contributed by atoms with van der Waals surface area (Å²) in [5.41, 5.74) is 1.56. The highest BCUT2D eigenvalue weighted by atomic mass is 32.2. The topological polar surface area (TPSA) is 50.3 Å². The first-order valence-electron chi connectivity index (χ1n) is 7.79. The van der Waals surface area contributed by atoms with Crippen molar-refractivity contribution in [2.75, 3.05) is 12.3 Å². The van der Waals surface area contributed by atoms with E-state index in [4.69, 9.17) is 0 Å². The molecule has 1 fully saturated rings. The van der Waals surface area contributed by atoms with Crippen molar-refractivity contribution in [3.8, 4) is 0 Å². The maximum atomic E-state index is 12.4. The Morgan fingerprint density at radius 1 is 1.12 bits per heavy atom. The van der Waals surface area contributed by atoms with Gasteiger partial charge in [-0.2, -0.15) is 0 Å². The Hall–Kier alpha value is -2.44. The van der Waals surface area contributed by atoms with Crippen LogP contribution in [-0.2, 0) is 4.79 Å². The van der Waals surface area contributed by atoms with Gasteiger partial charge in [-0.1, -0.05) is 54.2 Å². The van der Waals surface area contributed by atoms with Crippen LogP contribution in [-0.4, -0.2) is 33.9 Å². The van der Waals surface area contributed by atoms with Crippen molar-refractivity contribution in [2.24, 2.45) is 0 Å². The molecule has 0 radical (unpaired) electrons. The third-order valence-electron chi connectivity index (χ3n) is 3.87. The molecule has 0 unspecified atom stereocenters. The zero-order valence-corrected chi connectivity index (χ0v) is 14.8. The smallest absolute Gasteiger partial charge is 0.238 e. The molecule has 0 saturated carbocycles. The molecule has 1 aliphatic heterocycles. The van der Waals surface area contributed by atoms with Gasteiger partial charge in [0.15, 0.2) is 5.78 Å². The van der Waals surface area contributed by atoms with Crippen molar-refractivity contribution in [2.45, 2.75) is 0 Å². The minimum atomic E-state index is -0.0633. The van der Waals surface area contributed by atoms with Gasteiger partial charge in [-0.05, 0) is 12.1 Å². The predicted molar refractivity (Wildman–Crippen MR) is 103 cm³/mol. The summed E-state index contributed by atoms with van der Waals surface area (Å²) in [6.07, 6.45) is 1.90. The molecule has 4 nitrogen and oxygen atoms in total.